The average molecular weight is 933 g/mol. The third kappa shape index (κ3) is 12.7. The van der Waals surface area contributed by atoms with Crippen molar-refractivity contribution in [2.75, 3.05) is 33.3 Å². The minimum atomic E-state index is -1.10. The van der Waals surface area contributed by atoms with E-state index in [9.17, 15) is 62.6 Å². The second-order valence-corrected chi connectivity index (χ2v) is 15.9. The number of phenolic OH excluding ortho intramolecular Hbond substituents is 1. The van der Waals surface area contributed by atoms with Crippen LogP contribution in [0.25, 0.3) is 0 Å². The lowest BCUT2D eigenvalue weighted by Gasteiger charge is -2.43. The van der Waals surface area contributed by atoms with E-state index in [0.29, 0.717) is 31.2 Å². The van der Waals surface area contributed by atoms with Gasteiger partial charge in [0.1, 0.15) is 47.7 Å². The molecular formula is C43H52N10O14. The molecule has 24 nitrogen and oxygen atoms in total. The molecule has 4 aliphatic heterocycles. The topological polar surface area (TPSA) is 302 Å². The maximum absolute atomic E-state index is 13.4. The van der Waals surface area contributed by atoms with Crippen LogP contribution in [0.15, 0.2) is 48.5 Å². The van der Waals surface area contributed by atoms with E-state index in [1.54, 1.807) is 12.1 Å². The van der Waals surface area contributed by atoms with Crippen molar-refractivity contribution in [2.45, 2.75) is 89.4 Å². The van der Waals surface area contributed by atoms with Gasteiger partial charge >= 0.3 is 12.1 Å². The minimum Gasteiger partial charge on any atom is -0.508 e. The third-order valence-corrected chi connectivity index (χ3v) is 10.9. The highest BCUT2D eigenvalue weighted by molar-refractivity contribution is 5.98. The zero-order valence-electron chi connectivity index (χ0n) is 37.0. The van der Waals surface area contributed by atoms with Crippen LogP contribution in [0, 0.1) is 0 Å². The van der Waals surface area contributed by atoms with E-state index < -0.39 is 65.8 Å². The first-order chi connectivity index (χ1) is 31.9. The number of ketones is 2. The Hall–Kier alpha value is -7.92. The van der Waals surface area contributed by atoms with E-state index in [-0.39, 0.29) is 99.1 Å². The van der Waals surface area contributed by atoms with Gasteiger partial charge in [-0.3, -0.25) is 49.2 Å². The molecule has 0 aliphatic carbocycles. The van der Waals surface area contributed by atoms with Gasteiger partial charge < -0.3 is 30.1 Å². The first-order valence-electron chi connectivity index (χ1n) is 21.3. The summed E-state index contributed by atoms with van der Waals surface area (Å²) in [6.07, 6.45) is 1.79. The van der Waals surface area contributed by atoms with Crippen LogP contribution in [0.1, 0.15) is 85.9 Å². The van der Waals surface area contributed by atoms with Crippen molar-refractivity contribution in [1.29, 1.82) is 0 Å². The SMILES string of the molecule is CC(=O)C[C@@H](C=O)NC(=O)[C@@H]1CCCN2C(=O)CCN(NC(=O)c3ccc(O)cc3)C(=O)N12.COc1ccc(C(=O)NN2CCC(=O)N3CCC[C@@H](C(=O)N[C@H](C=O)CC(C)=O)N3C2=O)cc1. The Bertz CT molecular complexity index is 2260. The van der Waals surface area contributed by atoms with Crippen LogP contribution in [-0.4, -0.2) is 164 Å². The Morgan fingerprint density at radius 3 is 1.39 bits per heavy atom. The van der Waals surface area contributed by atoms with Gasteiger partial charge in [-0.25, -0.2) is 39.6 Å². The number of aldehydes is 2. The molecule has 4 aliphatic rings. The predicted molar refractivity (Wildman–Crippen MR) is 229 cm³/mol. The zero-order chi connectivity index (χ0) is 48.9. The van der Waals surface area contributed by atoms with Crippen LogP contribution >= 0.6 is 0 Å². The number of amides is 10. The molecule has 6 rings (SSSR count). The van der Waals surface area contributed by atoms with Crippen LogP contribution in [-0.2, 0) is 38.4 Å². The highest BCUT2D eigenvalue weighted by Gasteiger charge is 2.46. The van der Waals surface area contributed by atoms with Crippen molar-refractivity contribution >= 4 is 71.6 Å². The Labute approximate surface area is 383 Å². The fourth-order valence-electron chi connectivity index (χ4n) is 7.60. The molecule has 0 saturated carbocycles. The summed E-state index contributed by atoms with van der Waals surface area (Å²) in [6, 6.07) is 5.83. The number of nitrogens with zero attached hydrogens (tertiary/aromatic N) is 6. The van der Waals surface area contributed by atoms with Gasteiger partial charge in [-0.1, -0.05) is 0 Å². The Kier molecular flexibility index (Phi) is 17.1. The number of aromatic hydroxyl groups is 1. The predicted octanol–water partition coefficient (Wildman–Crippen LogP) is -0.230. The van der Waals surface area contributed by atoms with Crippen molar-refractivity contribution in [3.8, 4) is 11.5 Å². The van der Waals surface area contributed by atoms with Crippen LogP contribution < -0.4 is 26.2 Å². The van der Waals surface area contributed by atoms with E-state index >= 15 is 0 Å². The number of carbonyl (C=O) groups is 12. The number of hydrogen-bond acceptors (Lipinski definition) is 14. The second-order valence-electron chi connectivity index (χ2n) is 15.9. The summed E-state index contributed by atoms with van der Waals surface area (Å²) < 4.78 is 5.07. The third-order valence-electron chi connectivity index (χ3n) is 10.9. The standard InChI is InChI=1S/C22H27N5O7.C21H25N5O7/c1-14(29)12-16(13-28)23-21(32)18-4-3-10-26-19(30)9-11-25(22(33)27(18)26)24-20(31)15-5-7-17(34-2)8-6-15;1-13(28)11-15(12-27)22-20(32)17-3-2-9-25-18(30)8-10-24(21(33)26(17)25)23-19(31)14-4-6-16(29)7-5-14/h5-8,13,16,18H,3-4,9-12H2,1-2H3,(H,23,32)(H,24,31);4-7,12,15,17,29H,2-3,8-11H2,1H3,(H,22,32)(H,23,31)/t16-,18-;15-,17-/m00/s1. The lowest BCUT2D eigenvalue weighted by atomic mass is 10.1. The molecule has 5 N–H and O–H groups in total. The molecule has 67 heavy (non-hydrogen) atoms. The molecule has 10 amide bonds. The Morgan fingerprint density at radius 1 is 0.642 bits per heavy atom. The fraction of sp³-hybridized carbons (Fsp3) is 0.442. The largest absolute Gasteiger partial charge is 0.508 e. The Balaban J connectivity index is 0.000000251. The highest BCUT2D eigenvalue weighted by Crippen LogP contribution is 2.26. The number of rotatable bonds is 15. The molecule has 4 heterocycles. The first-order valence-corrected chi connectivity index (χ1v) is 21.3. The van der Waals surface area contributed by atoms with Crippen LogP contribution in [0.4, 0.5) is 9.59 Å². The summed E-state index contributed by atoms with van der Waals surface area (Å²) in [5, 5.41) is 20.7. The van der Waals surface area contributed by atoms with E-state index in [0.717, 1.165) is 20.0 Å². The molecule has 2 aromatic rings. The lowest BCUT2D eigenvalue weighted by molar-refractivity contribution is -0.156. The second kappa shape index (κ2) is 22.8. The molecule has 358 valence electrons. The molecule has 0 unspecified atom stereocenters. The monoisotopic (exact) mass is 932 g/mol. The van der Waals surface area contributed by atoms with E-state index in [1.165, 1.54) is 67.4 Å². The number of Topliss-reactive ketones (excluding diaryl/α,β-unsaturated/α-hetero) is 2. The summed E-state index contributed by atoms with van der Waals surface area (Å²) in [5.74, 6) is -3.34. The maximum Gasteiger partial charge on any atom is 0.358 e. The molecule has 0 spiro atoms. The molecule has 4 saturated heterocycles. The van der Waals surface area contributed by atoms with Crippen molar-refractivity contribution in [3.63, 3.8) is 0 Å². The van der Waals surface area contributed by atoms with Gasteiger partial charge in [0.15, 0.2) is 0 Å². The number of ether oxygens (including phenoxy) is 1. The Morgan fingerprint density at radius 2 is 1.03 bits per heavy atom. The van der Waals surface area contributed by atoms with Gasteiger partial charge in [-0.05, 0) is 88.1 Å². The summed E-state index contributed by atoms with van der Waals surface area (Å²) in [4.78, 5) is 148. The number of benzene rings is 2. The van der Waals surface area contributed by atoms with Crippen molar-refractivity contribution in [2.24, 2.45) is 0 Å². The molecule has 0 radical (unpaired) electrons. The summed E-state index contributed by atoms with van der Waals surface area (Å²) in [6.45, 7) is 2.85. The molecule has 24 heteroatoms. The summed E-state index contributed by atoms with van der Waals surface area (Å²) in [5.41, 5.74) is 5.40. The minimum absolute atomic E-state index is 0.0285. The highest BCUT2D eigenvalue weighted by atomic mass is 16.5. The number of carbonyl (C=O) groups excluding carboxylic acids is 12. The molecule has 0 bridgehead atoms. The van der Waals surface area contributed by atoms with Crippen LogP contribution in [0.3, 0.4) is 0 Å². The van der Waals surface area contributed by atoms with E-state index in [2.05, 4.69) is 21.5 Å². The van der Waals surface area contributed by atoms with Crippen molar-refractivity contribution in [1.82, 2.24) is 51.5 Å². The summed E-state index contributed by atoms with van der Waals surface area (Å²) >= 11 is 0. The quantitative estimate of drug-likeness (QED) is 0.144. The van der Waals surface area contributed by atoms with Gasteiger partial charge in [-0.2, -0.15) is 0 Å². The molecular weight excluding hydrogens is 881 g/mol. The first kappa shape index (κ1) is 50.1. The smallest absolute Gasteiger partial charge is 0.358 e. The number of methoxy groups -OCH3 is 1. The normalized spacial score (nSPS) is 19.1. The molecule has 2 aromatic carbocycles. The molecule has 4 fully saturated rings. The van der Waals surface area contributed by atoms with Gasteiger partial charge in [0.25, 0.3) is 11.8 Å². The van der Waals surface area contributed by atoms with Crippen LogP contribution in [0.5, 0.6) is 11.5 Å². The summed E-state index contributed by atoms with van der Waals surface area (Å²) in [7, 11) is 1.50. The maximum atomic E-state index is 13.4. The number of urea groups is 2. The van der Waals surface area contributed by atoms with E-state index in [4.69, 9.17) is 4.74 Å². The number of fused-ring (bicyclic) bond motifs is 2. The average Bonchev–Trinajstić information content (AvgIpc) is 3.51. The molecule has 4 atom stereocenters. The number of phenols is 1. The van der Waals surface area contributed by atoms with Gasteiger partial charge in [0.05, 0.1) is 32.3 Å². The van der Waals surface area contributed by atoms with E-state index in [1.807, 2.05) is 0 Å². The van der Waals surface area contributed by atoms with Crippen molar-refractivity contribution in [3.05, 3.63) is 59.7 Å². The van der Waals surface area contributed by atoms with Gasteiger partial charge in [0.2, 0.25) is 23.6 Å². The number of hydrogen-bond donors (Lipinski definition) is 5. The number of hydrazine groups is 4. The number of nitrogens with one attached hydrogen (secondary N) is 4. The molecule has 0 aromatic heterocycles. The zero-order valence-corrected chi connectivity index (χ0v) is 37.0. The lowest BCUT2D eigenvalue weighted by Crippen LogP contribution is -2.64. The van der Waals surface area contributed by atoms with Gasteiger partial charge in [0, 0.05) is 49.9 Å². The fourth-order valence-corrected chi connectivity index (χ4v) is 7.60. The van der Waals surface area contributed by atoms with Crippen molar-refractivity contribution < 1.29 is 67.4 Å². The van der Waals surface area contributed by atoms with Gasteiger partial charge in [-0.15, -0.1) is 0 Å². The van der Waals surface area contributed by atoms with Crippen LogP contribution in [0.2, 0.25) is 0 Å².